The van der Waals surface area contributed by atoms with E-state index in [9.17, 15) is 13.2 Å². The van der Waals surface area contributed by atoms with Gasteiger partial charge >= 0.3 is 0 Å². The van der Waals surface area contributed by atoms with Crippen LogP contribution < -0.4 is 19.1 Å². The maximum atomic E-state index is 13.9. The van der Waals surface area contributed by atoms with E-state index in [-0.39, 0.29) is 29.0 Å². The van der Waals surface area contributed by atoms with Crippen LogP contribution in [-0.4, -0.2) is 40.6 Å². The van der Waals surface area contributed by atoms with Gasteiger partial charge < -0.3 is 14.8 Å². The van der Waals surface area contributed by atoms with E-state index in [2.05, 4.69) is 5.32 Å². The zero-order chi connectivity index (χ0) is 25.0. The molecule has 0 unspecified atom stereocenters. The first-order valence-corrected chi connectivity index (χ1v) is 13.0. The second kappa shape index (κ2) is 10.4. The van der Waals surface area contributed by atoms with E-state index in [1.165, 1.54) is 11.4 Å². The van der Waals surface area contributed by atoms with E-state index in [4.69, 9.17) is 9.47 Å². The molecule has 1 amide bonds. The predicted octanol–water partition coefficient (Wildman–Crippen LogP) is 4.13. The molecule has 0 fully saturated rings. The van der Waals surface area contributed by atoms with Crippen LogP contribution in [0, 0.1) is 0 Å². The topological polar surface area (TPSA) is 84.9 Å². The molecule has 0 saturated heterocycles. The standard InChI is InChI=1S/C27H30N2O5S/c1-19(2)21-13-14-24(33-3)26(17-21)35(31,32)29-18-25(34-23-12-8-7-11-22(23)29)27(30)28-16-15-20-9-5-4-6-10-20/h4-14,17,19,25H,15-16,18H2,1-3H3,(H,28,30)/t25-/m1/s1. The van der Waals surface area contributed by atoms with Crippen LogP contribution in [0.25, 0.3) is 0 Å². The van der Waals surface area contributed by atoms with Gasteiger partial charge in [0.15, 0.2) is 6.10 Å². The number of fused-ring (bicyclic) bond motifs is 1. The van der Waals surface area contributed by atoms with Crippen LogP contribution in [0.5, 0.6) is 11.5 Å². The molecular weight excluding hydrogens is 464 g/mol. The number of hydrogen-bond donors (Lipinski definition) is 1. The molecule has 0 saturated carbocycles. The zero-order valence-corrected chi connectivity index (χ0v) is 20.9. The number of rotatable bonds is 8. The number of sulfonamides is 1. The maximum absolute atomic E-state index is 13.9. The van der Waals surface area contributed by atoms with Gasteiger partial charge in [-0.1, -0.05) is 62.4 Å². The third-order valence-corrected chi connectivity index (χ3v) is 7.81. The number of amides is 1. The average molecular weight is 495 g/mol. The molecule has 3 aromatic carbocycles. The number of nitrogens with one attached hydrogen (secondary N) is 1. The number of benzene rings is 3. The van der Waals surface area contributed by atoms with E-state index in [1.54, 1.807) is 36.4 Å². The van der Waals surface area contributed by atoms with Crippen molar-refractivity contribution >= 4 is 21.6 Å². The van der Waals surface area contributed by atoms with Crippen molar-refractivity contribution in [3.63, 3.8) is 0 Å². The van der Waals surface area contributed by atoms with Gasteiger partial charge in [0.05, 0.1) is 19.3 Å². The van der Waals surface area contributed by atoms with Gasteiger partial charge in [0.1, 0.15) is 16.4 Å². The highest BCUT2D eigenvalue weighted by Crippen LogP contribution is 2.39. The van der Waals surface area contributed by atoms with Gasteiger partial charge in [0, 0.05) is 6.54 Å². The van der Waals surface area contributed by atoms with Crippen molar-refractivity contribution in [1.29, 1.82) is 0 Å². The second-order valence-corrected chi connectivity index (χ2v) is 10.5. The van der Waals surface area contributed by atoms with Crippen molar-refractivity contribution in [3.8, 4) is 11.5 Å². The van der Waals surface area contributed by atoms with Crippen LogP contribution in [0.3, 0.4) is 0 Å². The summed E-state index contributed by atoms with van der Waals surface area (Å²) in [4.78, 5) is 13.1. The number of anilines is 1. The van der Waals surface area contributed by atoms with Crippen molar-refractivity contribution in [3.05, 3.63) is 83.9 Å². The molecule has 184 valence electrons. The fourth-order valence-electron chi connectivity index (χ4n) is 4.03. The largest absolute Gasteiger partial charge is 0.495 e. The molecule has 1 atom stereocenters. The van der Waals surface area contributed by atoms with Crippen molar-refractivity contribution in [1.82, 2.24) is 5.32 Å². The molecule has 0 radical (unpaired) electrons. The van der Waals surface area contributed by atoms with E-state index < -0.39 is 16.1 Å². The van der Waals surface area contributed by atoms with E-state index >= 15 is 0 Å². The highest BCUT2D eigenvalue weighted by molar-refractivity contribution is 7.93. The van der Waals surface area contributed by atoms with Crippen molar-refractivity contribution < 1.29 is 22.7 Å². The Hall–Kier alpha value is -3.52. The van der Waals surface area contributed by atoms with E-state index in [0.717, 1.165) is 11.1 Å². The smallest absolute Gasteiger partial charge is 0.268 e. The molecule has 1 heterocycles. The predicted molar refractivity (Wildman–Crippen MR) is 136 cm³/mol. The fourth-order valence-corrected chi connectivity index (χ4v) is 5.70. The molecular formula is C27H30N2O5S. The number of hydrogen-bond acceptors (Lipinski definition) is 5. The molecule has 0 spiro atoms. The van der Waals surface area contributed by atoms with Crippen molar-refractivity contribution in [2.24, 2.45) is 0 Å². The third-order valence-electron chi connectivity index (χ3n) is 6.01. The monoisotopic (exact) mass is 494 g/mol. The first-order chi connectivity index (χ1) is 16.8. The summed E-state index contributed by atoms with van der Waals surface area (Å²) in [6.45, 7) is 4.27. The molecule has 35 heavy (non-hydrogen) atoms. The molecule has 1 aliphatic heterocycles. The summed E-state index contributed by atoms with van der Waals surface area (Å²) in [6.07, 6.45) is -0.327. The Bertz CT molecular complexity index is 1290. The number of carbonyl (C=O) groups is 1. The highest BCUT2D eigenvalue weighted by Gasteiger charge is 2.38. The molecule has 8 heteroatoms. The Morgan fingerprint density at radius 2 is 1.80 bits per heavy atom. The van der Waals surface area contributed by atoms with Gasteiger partial charge in [-0.2, -0.15) is 0 Å². The van der Waals surface area contributed by atoms with Crippen molar-refractivity contribution in [2.75, 3.05) is 24.5 Å². The third kappa shape index (κ3) is 5.27. The summed E-state index contributed by atoms with van der Waals surface area (Å²) < 4.78 is 40.4. The number of nitrogens with zero attached hydrogens (tertiary/aromatic N) is 1. The first kappa shape index (κ1) is 24.6. The van der Waals surface area contributed by atoms with Crippen LogP contribution >= 0.6 is 0 Å². The van der Waals surface area contributed by atoms with Crippen LogP contribution in [0.15, 0.2) is 77.7 Å². The summed E-state index contributed by atoms with van der Waals surface area (Å²) >= 11 is 0. The molecule has 4 rings (SSSR count). The first-order valence-electron chi connectivity index (χ1n) is 11.6. The molecule has 1 N–H and O–H groups in total. The van der Waals surface area contributed by atoms with E-state index in [1.807, 2.05) is 50.2 Å². The molecule has 0 bridgehead atoms. The minimum atomic E-state index is -4.06. The lowest BCUT2D eigenvalue weighted by atomic mass is 10.0. The summed E-state index contributed by atoms with van der Waals surface area (Å²) in [7, 11) is -2.61. The summed E-state index contributed by atoms with van der Waals surface area (Å²) in [6, 6.07) is 21.8. The van der Waals surface area contributed by atoms with Gasteiger partial charge in [-0.25, -0.2) is 8.42 Å². The van der Waals surface area contributed by atoms with Gasteiger partial charge in [-0.05, 0) is 47.7 Å². The molecule has 1 aliphatic rings. The van der Waals surface area contributed by atoms with Gasteiger partial charge in [-0.15, -0.1) is 0 Å². The Morgan fingerprint density at radius 3 is 2.51 bits per heavy atom. The summed E-state index contributed by atoms with van der Waals surface area (Å²) in [5, 5.41) is 2.88. The Morgan fingerprint density at radius 1 is 1.09 bits per heavy atom. The number of carbonyl (C=O) groups excluding carboxylic acids is 1. The zero-order valence-electron chi connectivity index (χ0n) is 20.1. The van der Waals surface area contributed by atoms with E-state index in [0.29, 0.717) is 24.4 Å². The molecule has 0 aromatic heterocycles. The van der Waals surface area contributed by atoms with Gasteiger partial charge in [0.25, 0.3) is 15.9 Å². The Labute approximate surface area is 206 Å². The fraction of sp³-hybridized carbons (Fsp3) is 0.296. The number of methoxy groups -OCH3 is 1. The lowest BCUT2D eigenvalue weighted by molar-refractivity contribution is -0.127. The van der Waals surface area contributed by atoms with Gasteiger partial charge in [-0.3, -0.25) is 9.10 Å². The molecule has 7 nitrogen and oxygen atoms in total. The van der Waals surface area contributed by atoms with Crippen LogP contribution in [0.4, 0.5) is 5.69 Å². The molecule has 0 aliphatic carbocycles. The van der Waals surface area contributed by atoms with Crippen LogP contribution in [0.1, 0.15) is 30.9 Å². The van der Waals surface area contributed by atoms with Crippen LogP contribution in [0.2, 0.25) is 0 Å². The highest BCUT2D eigenvalue weighted by atomic mass is 32.2. The maximum Gasteiger partial charge on any atom is 0.268 e. The minimum Gasteiger partial charge on any atom is -0.495 e. The second-order valence-electron chi connectivity index (χ2n) is 8.70. The van der Waals surface area contributed by atoms with Gasteiger partial charge in [0.2, 0.25) is 0 Å². The number of para-hydroxylation sites is 2. The quantitative estimate of drug-likeness (QED) is 0.509. The Balaban J connectivity index is 1.62. The Kier molecular flexibility index (Phi) is 7.31. The van der Waals surface area contributed by atoms with Crippen molar-refractivity contribution in [2.45, 2.75) is 37.2 Å². The number of ether oxygens (including phenoxy) is 2. The summed E-state index contributed by atoms with van der Waals surface area (Å²) in [5.41, 5.74) is 2.36. The average Bonchev–Trinajstić information content (AvgIpc) is 2.88. The van der Waals surface area contributed by atoms with Crippen LogP contribution in [-0.2, 0) is 21.2 Å². The lowest BCUT2D eigenvalue weighted by Crippen LogP contribution is -2.51. The lowest BCUT2D eigenvalue weighted by Gasteiger charge is -2.35. The normalized spacial score (nSPS) is 15.3. The molecule has 3 aromatic rings. The minimum absolute atomic E-state index is 0.0612. The summed E-state index contributed by atoms with van der Waals surface area (Å²) in [5.74, 6) is 0.361. The SMILES string of the molecule is COc1ccc(C(C)C)cc1S(=O)(=O)N1C[C@H](C(=O)NCCc2ccccc2)Oc2ccccc21.